The molecule has 1 aliphatic rings. The maximum Gasteiger partial charge on any atom is 0.0743 e. The zero-order chi connectivity index (χ0) is 11.3. The normalized spacial score (nSPS) is 26.6. The Morgan fingerprint density at radius 1 is 1.47 bits per heavy atom. The summed E-state index contributed by atoms with van der Waals surface area (Å²) < 4.78 is 0. The predicted octanol–water partition coefficient (Wildman–Crippen LogP) is 1.22. The molecular weight excluding hydrogens is 188 g/mol. The van der Waals surface area contributed by atoms with Gasteiger partial charge in [-0.2, -0.15) is 0 Å². The van der Waals surface area contributed by atoms with E-state index in [1.165, 1.54) is 19.3 Å². The van der Waals surface area contributed by atoms with Crippen molar-refractivity contribution in [1.82, 2.24) is 10.2 Å². The first-order valence-electron chi connectivity index (χ1n) is 6.18. The molecule has 1 heterocycles. The van der Waals surface area contributed by atoms with Gasteiger partial charge < -0.3 is 15.3 Å². The van der Waals surface area contributed by atoms with Gasteiger partial charge in [0.05, 0.1) is 5.60 Å². The van der Waals surface area contributed by atoms with Crippen molar-refractivity contribution >= 4 is 0 Å². The summed E-state index contributed by atoms with van der Waals surface area (Å²) in [7, 11) is 2.10. The van der Waals surface area contributed by atoms with Crippen LogP contribution < -0.4 is 5.32 Å². The molecule has 0 bridgehead atoms. The second-order valence-electron chi connectivity index (χ2n) is 5.19. The second-order valence-corrected chi connectivity index (χ2v) is 5.19. The molecule has 0 aliphatic carbocycles. The van der Waals surface area contributed by atoms with Gasteiger partial charge in [-0.05, 0) is 39.8 Å². The first-order chi connectivity index (χ1) is 7.03. The van der Waals surface area contributed by atoms with Crippen LogP contribution >= 0.6 is 0 Å². The molecular formula is C12H26N2O. The van der Waals surface area contributed by atoms with Gasteiger partial charge in [-0.1, -0.05) is 13.3 Å². The molecule has 3 heteroatoms. The van der Waals surface area contributed by atoms with Gasteiger partial charge in [0.25, 0.3) is 0 Å². The third kappa shape index (κ3) is 4.96. The number of rotatable bonds is 5. The van der Waals surface area contributed by atoms with Crippen LogP contribution in [-0.2, 0) is 0 Å². The monoisotopic (exact) mass is 214 g/mol. The minimum absolute atomic E-state index is 0.538. The highest BCUT2D eigenvalue weighted by atomic mass is 16.3. The first-order valence-corrected chi connectivity index (χ1v) is 6.18. The molecule has 2 unspecified atom stereocenters. The van der Waals surface area contributed by atoms with Crippen molar-refractivity contribution in [2.75, 3.05) is 26.7 Å². The third-order valence-corrected chi connectivity index (χ3v) is 3.32. The lowest BCUT2D eigenvalue weighted by atomic mass is 10.0. The average Bonchev–Trinajstić information content (AvgIpc) is 2.18. The van der Waals surface area contributed by atoms with Gasteiger partial charge in [-0.25, -0.2) is 0 Å². The molecule has 1 aliphatic heterocycles. The van der Waals surface area contributed by atoms with Gasteiger partial charge in [0.2, 0.25) is 0 Å². The van der Waals surface area contributed by atoms with E-state index in [1.54, 1.807) is 0 Å². The Balaban J connectivity index is 2.25. The molecule has 15 heavy (non-hydrogen) atoms. The third-order valence-electron chi connectivity index (χ3n) is 3.32. The van der Waals surface area contributed by atoms with Crippen LogP contribution in [0.3, 0.4) is 0 Å². The summed E-state index contributed by atoms with van der Waals surface area (Å²) in [6, 6.07) is 0.622. The molecule has 0 aromatic rings. The lowest BCUT2D eigenvalue weighted by Gasteiger charge is -2.32. The lowest BCUT2D eigenvalue weighted by Crippen LogP contribution is -2.46. The van der Waals surface area contributed by atoms with E-state index in [2.05, 4.69) is 17.3 Å². The molecule has 2 N–H and O–H groups in total. The van der Waals surface area contributed by atoms with Crippen LogP contribution in [0.1, 0.15) is 39.5 Å². The quantitative estimate of drug-likeness (QED) is 0.722. The Labute approximate surface area is 93.9 Å². The van der Waals surface area contributed by atoms with E-state index in [0.717, 1.165) is 26.1 Å². The summed E-state index contributed by atoms with van der Waals surface area (Å²) >= 11 is 0. The van der Waals surface area contributed by atoms with Crippen molar-refractivity contribution < 1.29 is 5.11 Å². The molecule has 0 amide bonds. The van der Waals surface area contributed by atoms with Crippen LogP contribution in [0.15, 0.2) is 0 Å². The number of hydrogen-bond acceptors (Lipinski definition) is 3. The number of likely N-dealkylation sites (N-methyl/N-ethyl adjacent to an activating group) is 1. The Morgan fingerprint density at radius 3 is 2.73 bits per heavy atom. The van der Waals surface area contributed by atoms with Crippen LogP contribution in [0, 0.1) is 0 Å². The lowest BCUT2D eigenvalue weighted by molar-refractivity contribution is 0.0208. The summed E-state index contributed by atoms with van der Waals surface area (Å²) in [5.41, 5.74) is -0.538. The SMILES string of the molecule is CCC(C)(O)CN(C)CC1CCCCN1. The summed E-state index contributed by atoms with van der Waals surface area (Å²) in [5.74, 6) is 0. The molecule has 1 saturated heterocycles. The van der Waals surface area contributed by atoms with Gasteiger partial charge in [0, 0.05) is 19.1 Å². The van der Waals surface area contributed by atoms with Gasteiger partial charge >= 0.3 is 0 Å². The number of aliphatic hydroxyl groups is 1. The van der Waals surface area contributed by atoms with E-state index in [-0.39, 0.29) is 0 Å². The molecule has 0 aromatic heterocycles. The number of nitrogens with one attached hydrogen (secondary N) is 1. The maximum absolute atomic E-state index is 9.96. The standard InChI is InChI=1S/C12H26N2O/c1-4-12(2,15)10-14(3)9-11-7-5-6-8-13-11/h11,13,15H,4-10H2,1-3H3. The highest BCUT2D eigenvalue weighted by Gasteiger charge is 2.22. The maximum atomic E-state index is 9.96. The predicted molar refractivity (Wildman–Crippen MR) is 64.1 cm³/mol. The molecule has 1 rings (SSSR count). The van der Waals surface area contributed by atoms with E-state index in [9.17, 15) is 5.11 Å². The Hall–Kier alpha value is -0.120. The highest BCUT2D eigenvalue weighted by molar-refractivity contribution is 4.79. The second kappa shape index (κ2) is 5.83. The number of hydrogen-bond donors (Lipinski definition) is 2. The molecule has 0 saturated carbocycles. The van der Waals surface area contributed by atoms with E-state index < -0.39 is 5.60 Å². The van der Waals surface area contributed by atoms with Crippen molar-refractivity contribution in [3.63, 3.8) is 0 Å². The van der Waals surface area contributed by atoms with Crippen LogP contribution in [0.5, 0.6) is 0 Å². The first kappa shape index (κ1) is 12.9. The Bertz CT molecular complexity index is 176. The van der Waals surface area contributed by atoms with Crippen molar-refractivity contribution in [2.45, 2.75) is 51.2 Å². The van der Waals surface area contributed by atoms with Gasteiger partial charge in [0.15, 0.2) is 0 Å². The van der Waals surface area contributed by atoms with Crippen LogP contribution in [0.2, 0.25) is 0 Å². The molecule has 0 spiro atoms. The minimum atomic E-state index is -0.538. The van der Waals surface area contributed by atoms with Crippen LogP contribution in [0.4, 0.5) is 0 Å². The molecule has 0 radical (unpaired) electrons. The van der Waals surface area contributed by atoms with Gasteiger partial charge in [-0.3, -0.25) is 0 Å². The Morgan fingerprint density at radius 2 is 2.20 bits per heavy atom. The smallest absolute Gasteiger partial charge is 0.0743 e. The van der Waals surface area contributed by atoms with Gasteiger partial charge in [0.1, 0.15) is 0 Å². The van der Waals surface area contributed by atoms with E-state index >= 15 is 0 Å². The van der Waals surface area contributed by atoms with E-state index in [0.29, 0.717) is 6.04 Å². The van der Waals surface area contributed by atoms with E-state index in [4.69, 9.17) is 0 Å². The summed E-state index contributed by atoms with van der Waals surface area (Å²) in [5, 5.41) is 13.5. The van der Waals surface area contributed by atoms with Crippen molar-refractivity contribution in [3.8, 4) is 0 Å². The van der Waals surface area contributed by atoms with Crippen molar-refractivity contribution in [2.24, 2.45) is 0 Å². The summed E-state index contributed by atoms with van der Waals surface area (Å²) in [6.45, 7) is 6.92. The molecule has 1 fully saturated rings. The van der Waals surface area contributed by atoms with Gasteiger partial charge in [-0.15, -0.1) is 0 Å². The average molecular weight is 214 g/mol. The fourth-order valence-electron chi connectivity index (χ4n) is 2.21. The molecule has 2 atom stereocenters. The number of piperidine rings is 1. The molecule has 0 aromatic carbocycles. The van der Waals surface area contributed by atoms with E-state index in [1.807, 2.05) is 13.8 Å². The topological polar surface area (TPSA) is 35.5 Å². The largest absolute Gasteiger partial charge is 0.389 e. The molecule has 3 nitrogen and oxygen atoms in total. The Kier molecular flexibility index (Phi) is 5.03. The van der Waals surface area contributed by atoms with Crippen LogP contribution in [-0.4, -0.2) is 48.3 Å². The number of nitrogens with zero attached hydrogens (tertiary/aromatic N) is 1. The van der Waals surface area contributed by atoms with Crippen molar-refractivity contribution in [1.29, 1.82) is 0 Å². The minimum Gasteiger partial charge on any atom is -0.389 e. The fraction of sp³-hybridized carbons (Fsp3) is 1.00. The highest BCUT2D eigenvalue weighted by Crippen LogP contribution is 2.12. The zero-order valence-electron chi connectivity index (χ0n) is 10.4. The van der Waals surface area contributed by atoms with Crippen LogP contribution in [0.25, 0.3) is 0 Å². The van der Waals surface area contributed by atoms with Crippen molar-refractivity contribution in [3.05, 3.63) is 0 Å². The molecule has 90 valence electrons. The zero-order valence-corrected chi connectivity index (χ0v) is 10.4. The summed E-state index contributed by atoms with van der Waals surface area (Å²) in [4.78, 5) is 2.24. The summed E-state index contributed by atoms with van der Waals surface area (Å²) in [6.07, 6.45) is 4.75. The fourth-order valence-corrected chi connectivity index (χ4v) is 2.21.